The Balaban J connectivity index is 1.99. The number of hydrogen-bond acceptors (Lipinski definition) is 6. The Morgan fingerprint density at radius 2 is 2.00 bits per heavy atom. The molecule has 2 heterocycles. The predicted molar refractivity (Wildman–Crippen MR) is 93.0 cm³/mol. The SMILES string of the molecule is COc1cccc(C(=O)N(C)c2cc3oc(=O)c(C(=O)O)cc3s2)c1. The molecule has 0 aliphatic carbocycles. The molecule has 1 N–H and O–H groups in total. The first-order valence-corrected chi connectivity index (χ1v) is 7.95. The Hall–Kier alpha value is -3.13. The fourth-order valence-corrected chi connectivity index (χ4v) is 3.25. The van der Waals surface area contributed by atoms with Crippen molar-refractivity contribution in [3.05, 3.63) is 57.9 Å². The molecule has 0 atom stereocenters. The van der Waals surface area contributed by atoms with Crippen LogP contribution in [0.4, 0.5) is 5.00 Å². The largest absolute Gasteiger partial charge is 0.497 e. The van der Waals surface area contributed by atoms with Crippen molar-refractivity contribution in [2.75, 3.05) is 19.1 Å². The molecule has 7 nitrogen and oxygen atoms in total. The third-order valence-corrected chi connectivity index (χ3v) is 4.73. The van der Waals surface area contributed by atoms with Crippen LogP contribution in [-0.4, -0.2) is 31.1 Å². The van der Waals surface area contributed by atoms with Crippen LogP contribution in [0.2, 0.25) is 0 Å². The van der Waals surface area contributed by atoms with Crippen molar-refractivity contribution in [1.29, 1.82) is 0 Å². The highest BCUT2D eigenvalue weighted by Gasteiger charge is 2.19. The van der Waals surface area contributed by atoms with E-state index in [0.717, 1.165) is 11.3 Å². The van der Waals surface area contributed by atoms with E-state index in [1.54, 1.807) is 31.3 Å². The maximum Gasteiger partial charge on any atom is 0.351 e. The van der Waals surface area contributed by atoms with Crippen molar-refractivity contribution in [2.24, 2.45) is 0 Å². The molecule has 1 aromatic carbocycles. The molecule has 0 saturated heterocycles. The maximum atomic E-state index is 12.6. The molecular weight excluding hydrogens is 346 g/mol. The standard InChI is InChI=1S/C17H13NO6S/c1-18(15(19)9-4-3-5-10(6-9)23-2)14-8-12-13(25-14)7-11(16(20)21)17(22)24-12/h3-8H,1-2H3,(H,20,21). The van der Waals surface area contributed by atoms with Crippen molar-refractivity contribution in [1.82, 2.24) is 0 Å². The van der Waals surface area contributed by atoms with E-state index in [9.17, 15) is 14.4 Å². The van der Waals surface area contributed by atoms with Gasteiger partial charge in [0, 0.05) is 18.7 Å². The van der Waals surface area contributed by atoms with Gasteiger partial charge in [-0.25, -0.2) is 9.59 Å². The summed E-state index contributed by atoms with van der Waals surface area (Å²) in [6.45, 7) is 0. The van der Waals surface area contributed by atoms with Gasteiger partial charge < -0.3 is 19.2 Å². The lowest BCUT2D eigenvalue weighted by Crippen LogP contribution is -2.25. The summed E-state index contributed by atoms with van der Waals surface area (Å²) in [5, 5.41) is 9.52. The molecule has 2 aromatic heterocycles. The van der Waals surface area contributed by atoms with Gasteiger partial charge in [-0.05, 0) is 24.3 Å². The van der Waals surface area contributed by atoms with Crippen LogP contribution in [0.25, 0.3) is 10.3 Å². The van der Waals surface area contributed by atoms with Crippen LogP contribution in [0.15, 0.2) is 45.6 Å². The van der Waals surface area contributed by atoms with Gasteiger partial charge in [0.05, 0.1) is 11.8 Å². The molecule has 0 bridgehead atoms. The lowest BCUT2D eigenvalue weighted by molar-refractivity contribution is 0.0692. The summed E-state index contributed by atoms with van der Waals surface area (Å²) in [5.74, 6) is -1.06. The van der Waals surface area contributed by atoms with E-state index >= 15 is 0 Å². The summed E-state index contributed by atoms with van der Waals surface area (Å²) in [6, 6.07) is 9.51. The lowest BCUT2D eigenvalue weighted by atomic mass is 10.2. The highest BCUT2D eigenvalue weighted by Crippen LogP contribution is 2.32. The summed E-state index contributed by atoms with van der Waals surface area (Å²) in [6.07, 6.45) is 0. The number of carboxylic acid groups (broad SMARTS) is 1. The Kier molecular flexibility index (Phi) is 4.28. The van der Waals surface area contributed by atoms with Crippen LogP contribution in [0.5, 0.6) is 5.75 Å². The predicted octanol–water partition coefficient (Wildman–Crippen LogP) is 2.84. The molecule has 3 rings (SSSR count). The van der Waals surface area contributed by atoms with Crippen LogP contribution >= 0.6 is 11.3 Å². The fraction of sp³-hybridized carbons (Fsp3) is 0.118. The smallest absolute Gasteiger partial charge is 0.351 e. The van der Waals surface area contributed by atoms with E-state index in [0.29, 0.717) is 21.0 Å². The molecule has 128 valence electrons. The number of nitrogens with zero attached hydrogens (tertiary/aromatic N) is 1. The number of ether oxygens (including phenoxy) is 1. The molecule has 3 aromatic rings. The third kappa shape index (κ3) is 3.11. The van der Waals surface area contributed by atoms with E-state index < -0.39 is 17.2 Å². The second-order valence-corrected chi connectivity index (χ2v) is 6.22. The van der Waals surface area contributed by atoms with Gasteiger partial charge in [0.25, 0.3) is 5.91 Å². The molecular formula is C17H13NO6S. The van der Waals surface area contributed by atoms with Crippen molar-refractivity contribution in [2.45, 2.75) is 0 Å². The topological polar surface area (TPSA) is 97.0 Å². The van der Waals surface area contributed by atoms with Gasteiger partial charge in [-0.2, -0.15) is 0 Å². The lowest BCUT2D eigenvalue weighted by Gasteiger charge is -2.15. The number of carbonyl (C=O) groups is 2. The van der Waals surface area contributed by atoms with Crippen LogP contribution in [-0.2, 0) is 0 Å². The van der Waals surface area contributed by atoms with Gasteiger partial charge in [0.2, 0.25) is 0 Å². The highest BCUT2D eigenvalue weighted by atomic mass is 32.1. The molecule has 1 amide bonds. The zero-order valence-corrected chi connectivity index (χ0v) is 14.1. The number of carbonyl (C=O) groups excluding carboxylic acids is 1. The molecule has 0 saturated carbocycles. The maximum absolute atomic E-state index is 12.6. The van der Waals surface area contributed by atoms with Gasteiger partial charge in [-0.15, -0.1) is 11.3 Å². The van der Waals surface area contributed by atoms with Gasteiger partial charge in [-0.1, -0.05) is 6.07 Å². The van der Waals surface area contributed by atoms with Crippen LogP contribution in [0, 0.1) is 0 Å². The number of rotatable bonds is 4. The average Bonchev–Trinajstić information content (AvgIpc) is 3.02. The van der Waals surface area contributed by atoms with Crippen molar-refractivity contribution >= 4 is 38.5 Å². The van der Waals surface area contributed by atoms with E-state index in [1.807, 2.05) is 0 Å². The molecule has 0 spiro atoms. The Labute approximate surface area is 145 Å². The normalized spacial score (nSPS) is 10.6. The third-order valence-electron chi connectivity index (χ3n) is 3.59. The second-order valence-electron chi connectivity index (χ2n) is 5.16. The Morgan fingerprint density at radius 3 is 2.68 bits per heavy atom. The average molecular weight is 359 g/mol. The quantitative estimate of drug-likeness (QED) is 0.769. The van der Waals surface area contributed by atoms with E-state index in [1.165, 1.54) is 24.1 Å². The minimum Gasteiger partial charge on any atom is -0.497 e. The van der Waals surface area contributed by atoms with Gasteiger partial charge in [-0.3, -0.25) is 4.79 Å². The molecule has 0 fully saturated rings. The summed E-state index contributed by atoms with van der Waals surface area (Å²) in [4.78, 5) is 36.7. The number of benzene rings is 1. The minimum atomic E-state index is -1.36. The number of methoxy groups -OCH3 is 1. The number of fused-ring (bicyclic) bond motifs is 1. The van der Waals surface area contributed by atoms with E-state index in [-0.39, 0.29) is 11.5 Å². The molecule has 0 aliphatic heterocycles. The monoisotopic (exact) mass is 359 g/mol. The van der Waals surface area contributed by atoms with Crippen molar-refractivity contribution in [3.8, 4) is 5.75 Å². The van der Waals surface area contributed by atoms with Crippen molar-refractivity contribution in [3.63, 3.8) is 0 Å². The fourth-order valence-electron chi connectivity index (χ4n) is 2.27. The highest BCUT2D eigenvalue weighted by molar-refractivity contribution is 7.22. The van der Waals surface area contributed by atoms with Crippen LogP contribution in [0.3, 0.4) is 0 Å². The molecule has 8 heteroatoms. The molecule has 0 radical (unpaired) electrons. The first kappa shape index (κ1) is 16.7. The first-order chi connectivity index (χ1) is 11.9. The van der Waals surface area contributed by atoms with Gasteiger partial charge in [0.1, 0.15) is 16.3 Å². The number of anilines is 1. The molecule has 0 unspecified atom stereocenters. The summed E-state index contributed by atoms with van der Waals surface area (Å²) in [5.41, 5.74) is -0.693. The number of amides is 1. The van der Waals surface area contributed by atoms with Gasteiger partial charge >= 0.3 is 11.6 Å². The summed E-state index contributed by atoms with van der Waals surface area (Å²) in [7, 11) is 3.10. The first-order valence-electron chi connectivity index (χ1n) is 7.14. The Bertz CT molecular complexity index is 1040. The van der Waals surface area contributed by atoms with E-state index in [4.69, 9.17) is 14.3 Å². The van der Waals surface area contributed by atoms with Crippen LogP contribution < -0.4 is 15.3 Å². The summed E-state index contributed by atoms with van der Waals surface area (Å²) < 4.78 is 10.6. The number of carboxylic acids is 1. The van der Waals surface area contributed by atoms with Crippen molar-refractivity contribution < 1.29 is 23.8 Å². The van der Waals surface area contributed by atoms with E-state index in [2.05, 4.69) is 0 Å². The second kappa shape index (κ2) is 6.40. The van der Waals surface area contributed by atoms with Gasteiger partial charge in [0.15, 0.2) is 5.58 Å². The number of thiophene rings is 1. The Morgan fingerprint density at radius 1 is 1.24 bits per heavy atom. The number of hydrogen-bond donors (Lipinski definition) is 1. The zero-order chi connectivity index (χ0) is 18.1. The molecule has 0 aliphatic rings. The molecule has 25 heavy (non-hydrogen) atoms. The summed E-state index contributed by atoms with van der Waals surface area (Å²) >= 11 is 1.16. The number of aromatic carboxylic acids is 1. The van der Waals surface area contributed by atoms with Crippen LogP contribution in [0.1, 0.15) is 20.7 Å². The minimum absolute atomic E-state index is 0.236. The zero-order valence-electron chi connectivity index (χ0n) is 13.3.